The second-order valence-corrected chi connectivity index (χ2v) is 7.15. The van der Waals surface area contributed by atoms with Gasteiger partial charge in [-0.2, -0.15) is 0 Å². The summed E-state index contributed by atoms with van der Waals surface area (Å²) in [5, 5.41) is 3.41. The molecular weight excluding hydrogens is 334 g/mol. The van der Waals surface area contributed by atoms with Crippen LogP contribution >= 0.6 is 23.4 Å². The van der Waals surface area contributed by atoms with E-state index in [4.69, 9.17) is 11.6 Å². The smallest absolute Gasteiger partial charge is 0.233 e. The minimum Gasteiger partial charge on any atom is -0.355 e. The highest BCUT2D eigenvalue weighted by atomic mass is 35.5. The Morgan fingerprint density at radius 2 is 2.17 bits per heavy atom. The minimum absolute atomic E-state index is 0.0329. The van der Waals surface area contributed by atoms with Crippen molar-refractivity contribution >= 4 is 35.2 Å². The molecule has 0 aromatic heterocycles. The van der Waals surface area contributed by atoms with Gasteiger partial charge in [0.25, 0.3) is 0 Å². The van der Waals surface area contributed by atoms with Crippen molar-refractivity contribution in [3.8, 4) is 0 Å². The number of rotatable bonds is 7. The van der Waals surface area contributed by atoms with Crippen molar-refractivity contribution < 1.29 is 9.59 Å². The maximum atomic E-state index is 12.1. The molecule has 0 saturated carbocycles. The van der Waals surface area contributed by atoms with Gasteiger partial charge in [0.15, 0.2) is 0 Å². The normalized spacial score (nSPS) is 17.8. The van der Waals surface area contributed by atoms with Crippen LogP contribution in [0.4, 0.5) is 0 Å². The molecule has 0 spiro atoms. The van der Waals surface area contributed by atoms with E-state index in [0.29, 0.717) is 30.3 Å². The molecule has 1 aliphatic heterocycles. The van der Waals surface area contributed by atoms with Crippen LogP contribution in [-0.4, -0.2) is 61.1 Å². The summed E-state index contributed by atoms with van der Waals surface area (Å²) in [7, 11) is 3.92. The summed E-state index contributed by atoms with van der Waals surface area (Å²) in [5.41, 5.74) is 0.929. The monoisotopic (exact) mass is 355 g/mol. The lowest BCUT2D eigenvalue weighted by molar-refractivity contribution is -0.129. The number of nitrogens with zero attached hydrogens (tertiary/aromatic N) is 2. The molecule has 1 N–H and O–H groups in total. The van der Waals surface area contributed by atoms with Gasteiger partial charge >= 0.3 is 0 Å². The van der Waals surface area contributed by atoms with E-state index in [1.807, 2.05) is 43.3 Å². The zero-order chi connectivity index (χ0) is 16.8. The quantitative estimate of drug-likeness (QED) is 0.812. The molecule has 0 bridgehead atoms. The number of nitrogens with one attached hydrogen (secondary N) is 1. The van der Waals surface area contributed by atoms with Crippen LogP contribution in [0.25, 0.3) is 0 Å². The van der Waals surface area contributed by atoms with Gasteiger partial charge < -0.3 is 15.1 Å². The molecule has 126 valence electrons. The summed E-state index contributed by atoms with van der Waals surface area (Å²) < 4.78 is 0. The molecule has 0 aliphatic carbocycles. The van der Waals surface area contributed by atoms with Crippen LogP contribution in [0.3, 0.4) is 0 Å². The van der Waals surface area contributed by atoms with Crippen molar-refractivity contribution in [1.82, 2.24) is 15.1 Å². The van der Waals surface area contributed by atoms with Crippen LogP contribution < -0.4 is 5.32 Å². The van der Waals surface area contributed by atoms with Crippen LogP contribution in [-0.2, 0) is 9.59 Å². The number of thioether (sulfide) groups is 1. The molecular formula is C16H22ClN3O2S. The summed E-state index contributed by atoms with van der Waals surface area (Å²) in [5.74, 6) is 0.452. The summed E-state index contributed by atoms with van der Waals surface area (Å²) in [4.78, 5) is 27.8. The standard InChI is InChI=1S/C16H22ClN3O2S/c1-19(2)10-8-18-14(21)7-9-20-15(22)11-23-16(20)12-5-3-4-6-13(12)17/h3-6,16H,7-11H2,1-2H3,(H,18,21)/t16-/m0/s1. The Hall–Kier alpha value is -1.24. The Morgan fingerprint density at radius 1 is 1.43 bits per heavy atom. The van der Waals surface area contributed by atoms with Crippen LogP contribution in [0.2, 0.25) is 5.02 Å². The Balaban J connectivity index is 1.91. The zero-order valence-corrected chi connectivity index (χ0v) is 15.0. The molecule has 1 atom stereocenters. The van der Waals surface area contributed by atoms with E-state index in [1.165, 1.54) is 0 Å². The van der Waals surface area contributed by atoms with Crippen molar-refractivity contribution in [3.05, 3.63) is 34.9 Å². The predicted octanol–water partition coefficient (Wildman–Crippen LogP) is 1.98. The van der Waals surface area contributed by atoms with Crippen LogP contribution in [0, 0.1) is 0 Å². The number of halogens is 1. The molecule has 1 aromatic carbocycles. The van der Waals surface area contributed by atoms with E-state index >= 15 is 0 Å². The van der Waals surface area contributed by atoms with E-state index < -0.39 is 0 Å². The fourth-order valence-corrected chi connectivity index (χ4v) is 3.92. The van der Waals surface area contributed by atoms with Gasteiger partial charge in [-0.15, -0.1) is 11.8 Å². The number of carbonyl (C=O) groups excluding carboxylic acids is 2. The molecule has 1 fully saturated rings. The highest BCUT2D eigenvalue weighted by Crippen LogP contribution is 2.41. The van der Waals surface area contributed by atoms with E-state index in [9.17, 15) is 9.59 Å². The first-order valence-corrected chi connectivity index (χ1v) is 8.98. The molecule has 0 unspecified atom stereocenters. The molecule has 0 radical (unpaired) electrons. The molecule has 1 aliphatic rings. The molecule has 23 heavy (non-hydrogen) atoms. The van der Waals surface area contributed by atoms with Gasteiger partial charge in [-0.25, -0.2) is 0 Å². The fraction of sp³-hybridized carbons (Fsp3) is 0.500. The molecule has 2 rings (SSSR count). The van der Waals surface area contributed by atoms with E-state index in [0.717, 1.165) is 12.1 Å². The maximum absolute atomic E-state index is 12.1. The number of likely N-dealkylation sites (N-methyl/N-ethyl adjacent to an activating group) is 1. The zero-order valence-electron chi connectivity index (χ0n) is 13.4. The molecule has 1 heterocycles. The summed E-state index contributed by atoms with van der Waals surface area (Å²) in [6.45, 7) is 1.82. The van der Waals surface area contributed by atoms with Crippen molar-refractivity contribution in [2.24, 2.45) is 0 Å². The first-order valence-electron chi connectivity index (χ1n) is 7.56. The van der Waals surface area contributed by atoms with E-state index in [-0.39, 0.29) is 17.2 Å². The first kappa shape index (κ1) is 18.1. The van der Waals surface area contributed by atoms with Gasteiger partial charge in [-0.3, -0.25) is 9.59 Å². The highest BCUT2D eigenvalue weighted by molar-refractivity contribution is 8.00. The van der Waals surface area contributed by atoms with Crippen LogP contribution in [0.15, 0.2) is 24.3 Å². The number of carbonyl (C=O) groups is 2. The minimum atomic E-state index is -0.106. The van der Waals surface area contributed by atoms with Crippen molar-refractivity contribution in [2.75, 3.05) is 39.5 Å². The Kier molecular flexibility index (Phi) is 6.74. The SMILES string of the molecule is CN(C)CCNC(=O)CCN1C(=O)CS[C@H]1c1ccccc1Cl. The Morgan fingerprint density at radius 3 is 2.87 bits per heavy atom. The number of amides is 2. The Labute approximate surface area is 146 Å². The molecule has 2 amide bonds. The molecule has 7 heteroatoms. The first-order chi connectivity index (χ1) is 11.0. The summed E-state index contributed by atoms with van der Waals surface area (Å²) in [6, 6.07) is 7.54. The third-order valence-electron chi connectivity index (χ3n) is 3.60. The third-order valence-corrected chi connectivity index (χ3v) is 5.18. The van der Waals surface area contributed by atoms with Gasteiger partial charge in [-0.05, 0) is 20.2 Å². The number of hydrogen-bond donors (Lipinski definition) is 1. The fourth-order valence-electron chi connectivity index (χ4n) is 2.36. The van der Waals surface area contributed by atoms with Gasteiger partial charge in [-0.1, -0.05) is 29.8 Å². The van der Waals surface area contributed by atoms with Crippen molar-refractivity contribution in [3.63, 3.8) is 0 Å². The number of benzene rings is 1. The average molecular weight is 356 g/mol. The molecule has 1 aromatic rings. The van der Waals surface area contributed by atoms with Gasteiger partial charge in [0.05, 0.1) is 5.75 Å². The summed E-state index contributed by atoms with van der Waals surface area (Å²) in [6.07, 6.45) is 0.306. The average Bonchev–Trinajstić information content (AvgIpc) is 2.86. The van der Waals surface area contributed by atoms with Crippen LogP contribution in [0.1, 0.15) is 17.4 Å². The van der Waals surface area contributed by atoms with Crippen LogP contribution in [0.5, 0.6) is 0 Å². The van der Waals surface area contributed by atoms with Gasteiger partial charge in [0.2, 0.25) is 11.8 Å². The number of hydrogen-bond acceptors (Lipinski definition) is 4. The third kappa shape index (κ3) is 5.12. The van der Waals surface area contributed by atoms with Gasteiger partial charge in [0, 0.05) is 36.6 Å². The predicted molar refractivity (Wildman–Crippen MR) is 94.5 cm³/mol. The van der Waals surface area contributed by atoms with E-state index in [1.54, 1.807) is 16.7 Å². The lowest BCUT2D eigenvalue weighted by Crippen LogP contribution is -2.35. The Bertz CT molecular complexity index is 568. The largest absolute Gasteiger partial charge is 0.355 e. The lowest BCUT2D eigenvalue weighted by Gasteiger charge is -2.24. The lowest BCUT2D eigenvalue weighted by atomic mass is 10.2. The molecule has 5 nitrogen and oxygen atoms in total. The van der Waals surface area contributed by atoms with Crippen molar-refractivity contribution in [1.29, 1.82) is 0 Å². The molecule has 1 saturated heterocycles. The summed E-state index contributed by atoms with van der Waals surface area (Å²) >= 11 is 7.80. The second kappa shape index (κ2) is 8.57. The second-order valence-electron chi connectivity index (χ2n) is 5.68. The van der Waals surface area contributed by atoms with Gasteiger partial charge in [0.1, 0.15) is 5.37 Å². The van der Waals surface area contributed by atoms with E-state index in [2.05, 4.69) is 5.32 Å². The van der Waals surface area contributed by atoms with Crippen molar-refractivity contribution in [2.45, 2.75) is 11.8 Å². The topological polar surface area (TPSA) is 52.7 Å². The maximum Gasteiger partial charge on any atom is 0.233 e. The highest BCUT2D eigenvalue weighted by Gasteiger charge is 2.33.